The van der Waals surface area contributed by atoms with Gasteiger partial charge in [-0.15, -0.1) is 0 Å². The topological polar surface area (TPSA) is 26.3 Å². The third-order valence-electron chi connectivity index (χ3n) is 2.00. The lowest BCUT2D eigenvalue weighted by atomic mass is 10.0. The summed E-state index contributed by atoms with van der Waals surface area (Å²) in [6.07, 6.45) is 1.57. The van der Waals surface area contributed by atoms with Crippen molar-refractivity contribution in [3.63, 3.8) is 0 Å². The third kappa shape index (κ3) is 2.73. The quantitative estimate of drug-likeness (QED) is 0.538. The summed E-state index contributed by atoms with van der Waals surface area (Å²) in [5.74, 6) is -0.424. The van der Waals surface area contributed by atoms with Crippen molar-refractivity contribution in [1.82, 2.24) is 0 Å². The van der Waals surface area contributed by atoms with E-state index in [-0.39, 0.29) is 18.5 Å². The lowest BCUT2D eigenvalue weighted by molar-refractivity contribution is -0.143. The summed E-state index contributed by atoms with van der Waals surface area (Å²) in [5.41, 5.74) is 0.974. The van der Waals surface area contributed by atoms with E-state index in [0.717, 1.165) is 5.56 Å². The first-order chi connectivity index (χ1) is 6.75. The second-order valence-electron chi connectivity index (χ2n) is 3.05. The molecule has 0 fully saturated rings. The Morgan fingerprint density at radius 3 is 2.71 bits per heavy atom. The summed E-state index contributed by atoms with van der Waals surface area (Å²) in [6.45, 7) is 5.60. The van der Waals surface area contributed by atoms with E-state index in [0.29, 0.717) is 0 Å². The van der Waals surface area contributed by atoms with Crippen LogP contribution in [0.2, 0.25) is 0 Å². The highest BCUT2D eigenvalue weighted by Gasteiger charge is 2.15. The number of carbonyl (C=O) groups excluding carboxylic acids is 1. The number of hydrogen-bond acceptors (Lipinski definition) is 2. The molecule has 1 atom stereocenters. The number of rotatable bonds is 4. The number of benzene rings is 1. The molecule has 0 unspecified atom stereocenters. The number of esters is 1. The maximum absolute atomic E-state index is 11.4. The fourth-order valence-electron chi connectivity index (χ4n) is 1.14. The molecule has 2 heteroatoms. The summed E-state index contributed by atoms with van der Waals surface area (Å²) in [7, 11) is 0. The van der Waals surface area contributed by atoms with E-state index >= 15 is 0 Å². The van der Waals surface area contributed by atoms with E-state index < -0.39 is 0 Å². The molecule has 0 saturated heterocycles. The Kier molecular flexibility index (Phi) is 3.92. The molecule has 0 N–H and O–H groups in total. The molecule has 0 aromatic heterocycles. The Bertz CT molecular complexity index is 303. The SMILES string of the molecule is C=CCOC(=O)[C@@H](C)c1ccccc1. The molecule has 1 aromatic rings. The monoisotopic (exact) mass is 190 g/mol. The molecule has 0 bridgehead atoms. The van der Waals surface area contributed by atoms with Crippen molar-refractivity contribution >= 4 is 5.97 Å². The van der Waals surface area contributed by atoms with E-state index in [1.54, 1.807) is 6.08 Å². The van der Waals surface area contributed by atoms with E-state index in [4.69, 9.17) is 4.74 Å². The predicted molar refractivity (Wildman–Crippen MR) is 56.0 cm³/mol. The first-order valence-corrected chi connectivity index (χ1v) is 4.58. The Morgan fingerprint density at radius 1 is 1.50 bits per heavy atom. The summed E-state index contributed by atoms with van der Waals surface area (Å²) in [4.78, 5) is 11.4. The van der Waals surface area contributed by atoms with Crippen LogP contribution in [0.25, 0.3) is 0 Å². The van der Waals surface area contributed by atoms with Crippen LogP contribution in [0, 0.1) is 0 Å². The molecule has 1 aromatic carbocycles. The largest absolute Gasteiger partial charge is 0.461 e. The minimum atomic E-state index is -0.212. The number of ether oxygens (including phenoxy) is 1. The molecule has 0 radical (unpaired) electrons. The Balaban J connectivity index is 2.61. The molecule has 0 heterocycles. The highest BCUT2D eigenvalue weighted by Crippen LogP contribution is 2.15. The molecule has 0 aliphatic heterocycles. The van der Waals surface area contributed by atoms with Crippen LogP contribution >= 0.6 is 0 Å². The van der Waals surface area contributed by atoms with Crippen LogP contribution < -0.4 is 0 Å². The second-order valence-corrected chi connectivity index (χ2v) is 3.05. The second kappa shape index (κ2) is 5.22. The van der Waals surface area contributed by atoms with Gasteiger partial charge in [-0.1, -0.05) is 43.0 Å². The summed E-state index contributed by atoms with van der Waals surface area (Å²) >= 11 is 0. The van der Waals surface area contributed by atoms with Gasteiger partial charge < -0.3 is 4.74 Å². The van der Waals surface area contributed by atoms with Gasteiger partial charge in [0, 0.05) is 0 Å². The van der Waals surface area contributed by atoms with Gasteiger partial charge in [-0.2, -0.15) is 0 Å². The lowest BCUT2D eigenvalue weighted by Crippen LogP contribution is -2.12. The van der Waals surface area contributed by atoms with Crippen LogP contribution in [0.15, 0.2) is 43.0 Å². The predicted octanol–water partition coefficient (Wildman–Crippen LogP) is 2.52. The first kappa shape index (κ1) is 10.5. The molecule has 74 valence electrons. The van der Waals surface area contributed by atoms with Crippen molar-refractivity contribution in [2.24, 2.45) is 0 Å². The third-order valence-corrected chi connectivity index (χ3v) is 2.00. The molecule has 2 nitrogen and oxygen atoms in total. The van der Waals surface area contributed by atoms with Crippen molar-refractivity contribution in [3.8, 4) is 0 Å². The zero-order chi connectivity index (χ0) is 10.4. The molecule has 0 spiro atoms. The van der Waals surface area contributed by atoms with E-state index in [1.807, 2.05) is 37.3 Å². The molecular formula is C12H14O2. The van der Waals surface area contributed by atoms with Crippen LogP contribution in [-0.4, -0.2) is 12.6 Å². The van der Waals surface area contributed by atoms with Crippen molar-refractivity contribution < 1.29 is 9.53 Å². The van der Waals surface area contributed by atoms with Gasteiger partial charge in [0.1, 0.15) is 6.61 Å². The minimum absolute atomic E-state index is 0.212. The summed E-state index contributed by atoms with van der Waals surface area (Å²) in [6, 6.07) is 9.57. The fraction of sp³-hybridized carbons (Fsp3) is 0.250. The Hall–Kier alpha value is -1.57. The van der Waals surface area contributed by atoms with Crippen LogP contribution in [0.5, 0.6) is 0 Å². The smallest absolute Gasteiger partial charge is 0.313 e. The van der Waals surface area contributed by atoms with Gasteiger partial charge in [-0.3, -0.25) is 4.79 Å². The molecular weight excluding hydrogens is 176 g/mol. The van der Waals surface area contributed by atoms with Crippen LogP contribution in [0.1, 0.15) is 18.4 Å². The van der Waals surface area contributed by atoms with Gasteiger partial charge in [-0.25, -0.2) is 0 Å². The Labute approximate surface area is 84.2 Å². The van der Waals surface area contributed by atoms with Crippen LogP contribution in [-0.2, 0) is 9.53 Å². The normalized spacial score (nSPS) is 11.8. The summed E-state index contributed by atoms with van der Waals surface area (Å²) in [5, 5.41) is 0. The molecule has 0 aliphatic carbocycles. The van der Waals surface area contributed by atoms with Gasteiger partial charge >= 0.3 is 5.97 Å². The summed E-state index contributed by atoms with van der Waals surface area (Å²) < 4.78 is 4.95. The van der Waals surface area contributed by atoms with Crippen molar-refractivity contribution in [2.45, 2.75) is 12.8 Å². The minimum Gasteiger partial charge on any atom is -0.461 e. The average molecular weight is 190 g/mol. The van der Waals surface area contributed by atoms with Gasteiger partial charge in [0.05, 0.1) is 5.92 Å². The van der Waals surface area contributed by atoms with Gasteiger partial charge in [0.15, 0.2) is 0 Å². The first-order valence-electron chi connectivity index (χ1n) is 4.58. The van der Waals surface area contributed by atoms with Crippen LogP contribution in [0.3, 0.4) is 0 Å². The highest BCUT2D eigenvalue weighted by atomic mass is 16.5. The molecule has 0 aliphatic rings. The standard InChI is InChI=1S/C12H14O2/c1-3-9-14-12(13)10(2)11-7-5-4-6-8-11/h3-8,10H,1,9H2,2H3/t10-/m0/s1. The van der Waals surface area contributed by atoms with Gasteiger partial charge in [0.2, 0.25) is 0 Å². The van der Waals surface area contributed by atoms with Gasteiger partial charge in [0.25, 0.3) is 0 Å². The Morgan fingerprint density at radius 2 is 2.14 bits per heavy atom. The average Bonchev–Trinajstić information content (AvgIpc) is 2.26. The molecule has 0 amide bonds. The lowest BCUT2D eigenvalue weighted by Gasteiger charge is -2.10. The number of carbonyl (C=O) groups is 1. The van der Waals surface area contributed by atoms with Crippen LogP contribution in [0.4, 0.5) is 0 Å². The number of hydrogen-bond donors (Lipinski definition) is 0. The van der Waals surface area contributed by atoms with Crippen molar-refractivity contribution in [3.05, 3.63) is 48.6 Å². The maximum Gasteiger partial charge on any atom is 0.313 e. The van der Waals surface area contributed by atoms with E-state index in [9.17, 15) is 4.79 Å². The van der Waals surface area contributed by atoms with E-state index in [2.05, 4.69) is 6.58 Å². The molecule has 14 heavy (non-hydrogen) atoms. The maximum atomic E-state index is 11.4. The van der Waals surface area contributed by atoms with E-state index in [1.165, 1.54) is 0 Å². The highest BCUT2D eigenvalue weighted by molar-refractivity contribution is 5.77. The van der Waals surface area contributed by atoms with Crippen molar-refractivity contribution in [1.29, 1.82) is 0 Å². The zero-order valence-electron chi connectivity index (χ0n) is 8.27. The van der Waals surface area contributed by atoms with Crippen molar-refractivity contribution in [2.75, 3.05) is 6.61 Å². The molecule has 1 rings (SSSR count). The molecule has 0 saturated carbocycles. The zero-order valence-corrected chi connectivity index (χ0v) is 8.27. The fourth-order valence-corrected chi connectivity index (χ4v) is 1.14. The van der Waals surface area contributed by atoms with Gasteiger partial charge in [-0.05, 0) is 12.5 Å².